The molecule has 0 aliphatic rings. The van der Waals surface area contributed by atoms with Crippen LogP contribution in [-0.2, 0) is 0 Å². The molecule has 6 heteroatoms. The molecule has 4 nitrogen and oxygen atoms in total. The van der Waals surface area contributed by atoms with E-state index in [0.29, 0.717) is 21.5 Å². The van der Waals surface area contributed by atoms with E-state index in [9.17, 15) is 5.11 Å². The van der Waals surface area contributed by atoms with Gasteiger partial charge in [0.1, 0.15) is 22.1 Å². The zero-order chi connectivity index (χ0) is 14.9. The maximum absolute atomic E-state index is 10.6. The lowest BCUT2D eigenvalue weighted by Crippen LogP contribution is -2.03. The van der Waals surface area contributed by atoms with E-state index in [1.54, 1.807) is 20.3 Å². The molecule has 1 unspecified atom stereocenters. The number of aliphatic hydroxyl groups is 1. The zero-order valence-electron chi connectivity index (χ0n) is 11.7. The van der Waals surface area contributed by atoms with Gasteiger partial charge in [0, 0.05) is 5.56 Å². The van der Waals surface area contributed by atoms with Crippen LogP contribution in [0.3, 0.4) is 0 Å². The summed E-state index contributed by atoms with van der Waals surface area (Å²) in [5, 5.41) is 11.5. The molecule has 0 saturated carbocycles. The summed E-state index contributed by atoms with van der Waals surface area (Å²) in [5.74, 6) is 1.23. The number of halogens is 1. The van der Waals surface area contributed by atoms with Crippen LogP contribution in [0, 0.1) is 13.8 Å². The number of hydrogen-bond acceptors (Lipinski definition) is 5. The van der Waals surface area contributed by atoms with Gasteiger partial charge in [0.15, 0.2) is 0 Å². The lowest BCUT2D eigenvalue weighted by atomic mass is 10.1. The predicted octanol–water partition coefficient (Wildman–Crippen LogP) is 3.62. The highest BCUT2D eigenvalue weighted by atomic mass is 79.9. The van der Waals surface area contributed by atoms with E-state index in [2.05, 4.69) is 20.9 Å². The molecule has 0 amide bonds. The third-order valence-corrected chi connectivity index (χ3v) is 4.87. The minimum Gasteiger partial charge on any atom is -0.495 e. The molecule has 2 aromatic rings. The highest BCUT2D eigenvalue weighted by Crippen LogP contribution is 2.42. The Morgan fingerprint density at radius 2 is 1.95 bits per heavy atom. The maximum Gasteiger partial charge on any atom is 0.142 e. The Morgan fingerprint density at radius 3 is 2.45 bits per heavy atom. The predicted molar refractivity (Wildman–Crippen MR) is 82.9 cm³/mol. The maximum atomic E-state index is 10.6. The summed E-state index contributed by atoms with van der Waals surface area (Å²) in [5.41, 5.74) is 1.53. The molecule has 1 heterocycles. The first-order valence-corrected chi connectivity index (χ1v) is 7.62. The fourth-order valence-corrected chi connectivity index (χ4v) is 3.69. The highest BCUT2D eigenvalue weighted by Gasteiger charge is 2.23. The summed E-state index contributed by atoms with van der Waals surface area (Å²) in [7, 11) is 3.16. The highest BCUT2D eigenvalue weighted by molar-refractivity contribution is 9.10. The Bertz CT molecular complexity index is 627. The molecule has 1 atom stereocenters. The van der Waals surface area contributed by atoms with Crippen molar-refractivity contribution < 1.29 is 14.6 Å². The van der Waals surface area contributed by atoms with E-state index in [-0.39, 0.29) is 0 Å². The molecule has 2 rings (SSSR count). The molecule has 0 aliphatic carbocycles. The first-order chi connectivity index (χ1) is 9.49. The number of hydrogen-bond donors (Lipinski definition) is 1. The van der Waals surface area contributed by atoms with E-state index in [0.717, 1.165) is 15.6 Å². The second-order valence-electron chi connectivity index (χ2n) is 4.29. The van der Waals surface area contributed by atoms with Crippen molar-refractivity contribution in [1.82, 2.24) is 4.98 Å². The van der Waals surface area contributed by atoms with Crippen LogP contribution in [0.2, 0.25) is 0 Å². The number of thiazole rings is 1. The van der Waals surface area contributed by atoms with Crippen LogP contribution in [0.25, 0.3) is 0 Å². The summed E-state index contributed by atoms with van der Waals surface area (Å²) < 4.78 is 11.3. The summed E-state index contributed by atoms with van der Waals surface area (Å²) >= 11 is 4.93. The summed E-state index contributed by atoms with van der Waals surface area (Å²) in [4.78, 5) is 5.18. The first kappa shape index (κ1) is 15.3. The van der Waals surface area contributed by atoms with Gasteiger partial charge in [0.25, 0.3) is 0 Å². The van der Waals surface area contributed by atoms with Crippen LogP contribution in [0.1, 0.15) is 27.2 Å². The molecule has 0 radical (unpaired) electrons. The van der Waals surface area contributed by atoms with Crippen LogP contribution in [0.15, 0.2) is 16.6 Å². The number of methoxy groups -OCH3 is 2. The van der Waals surface area contributed by atoms with Crippen molar-refractivity contribution in [1.29, 1.82) is 0 Å². The van der Waals surface area contributed by atoms with Gasteiger partial charge in [-0.3, -0.25) is 0 Å². The molecule has 1 N–H and O–H groups in total. The van der Waals surface area contributed by atoms with Gasteiger partial charge < -0.3 is 14.6 Å². The standard InChI is InChI=1S/C14H16BrNO3S/c1-7-14(20-8(2)16-7)12(17)9-5-6-10(18-3)11(15)13(9)19-4/h5-6,12,17H,1-4H3. The number of aryl methyl sites for hydroxylation is 2. The average Bonchev–Trinajstić information content (AvgIpc) is 2.76. The number of aromatic nitrogens is 1. The average molecular weight is 358 g/mol. The molecule has 0 aliphatic heterocycles. The van der Waals surface area contributed by atoms with Gasteiger partial charge >= 0.3 is 0 Å². The molecule has 108 valence electrons. The van der Waals surface area contributed by atoms with Crippen LogP contribution < -0.4 is 9.47 Å². The van der Waals surface area contributed by atoms with Crippen LogP contribution in [-0.4, -0.2) is 24.3 Å². The summed E-state index contributed by atoms with van der Waals surface area (Å²) in [6.45, 7) is 3.82. The molecule has 20 heavy (non-hydrogen) atoms. The minimum atomic E-state index is -0.765. The van der Waals surface area contributed by atoms with E-state index in [4.69, 9.17) is 9.47 Å². The number of aliphatic hydroxyl groups excluding tert-OH is 1. The Morgan fingerprint density at radius 1 is 1.25 bits per heavy atom. The van der Waals surface area contributed by atoms with Crippen molar-refractivity contribution in [3.8, 4) is 11.5 Å². The van der Waals surface area contributed by atoms with Gasteiger partial charge in [0.05, 0.1) is 29.8 Å². The van der Waals surface area contributed by atoms with Crippen LogP contribution >= 0.6 is 27.3 Å². The van der Waals surface area contributed by atoms with Crippen molar-refractivity contribution in [2.75, 3.05) is 14.2 Å². The van der Waals surface area contributed by atoms with Crippen molar-refractivity contribution in [3.05, 3.63) is 37.7 Å². The first-order valence-electron chi connectivity index (χ1n) is 6.02. The molecule has 0 fully saturated rings. The zero-order valence-corrected chi connectivity index (χ0v) is 14.1. The second kappa shape index (κ2) is 6.11. The van der Waals surface area contributed by atoms with E-state index in [1.807, 2.05) is 19.9 Å². The monoisotopic (exact) mass is 357 g/mol. The molecular weight excluding hydrogens is 342 g/mol. The topological polar surface area (TPSA) is 51.6 Å². The quantitative estimate of drug-likeness (QED) is 0.907. The van der Waals surface area contributed by atoms with Gasteiger partial charge in [-0.15, -0.1) is 11.3 Å². The van der Waals surface area contributed by atoms with Gasteiger partial charge in [-0.25, -0.2) is 4.98 Å². The van der Waals surface area contributed by atoms with Gasteiger partial charge in [-0.1, -0.05) is 0 Å². The molecule has 1 aromatic heterocycles. The third kappa shape index (κ3) is 2.68. The number of ether oxygens (including phenoxy) is 2. The smallest absolute Gasteiger partial charge is 0.142 e. The largest absolute Gasteiger partial charge is 0.495 e. The fraction of sp³-hybridized carbons (Fsp3) is 0.357. The number of rotatable bonds is 4. The second-order valence-corrected chi connectivity index (χ2v) is 6.32. The van der Waals surface area contributed by atoms with Crippen molar-refractivity contribution in [3.63, 3.8) is 0 Å². The van der Waals surface area contributed by atoms with Crippen LogP contribution in [0.5, 0.6) is 11.5 Å². The summed E-state index contributed by atoms with van der Waals surface area (Å²) in [6, 6.07) is 3.61. The van der Waals surface area contributed by atoms with E-state index >= 15 is 0 Å². The number of benzene rings is 1. The molecule has 0 saturated heterocycles. The molecule has 0 spiro atoms. The summed E-state index contributed by atoms with van der Waals surface area (Å²) in [6.07, 6.45) is -0.765. The molecule has 0 bridgehead atoms. The minimum absolute atomic E-state index is 0.572. The van der Waals surface area contributed by atoms with E-state index in [1.165, 1.54) is 11.3 Å². The SMILES string of the molecule is COc1ccc(C(O)c2sc(C)nc2C)c(OC)c1Br. The van der Waals surface area contributed by atoms with Crippen molar-refractivity contribution >= 4 is 27.3 Å². The molecular formula is C14H16BrNO3S. The third-order valence-electron chi connectivity index (χ3n) is 3.00. The van der Waals surface area contributed by atoms with E-state index < -0.39 is 6.10 Å². The fourth-order valence-electron chi connectivity index (χ4n) is 2.08. The van der Waals surface area contributed by atoms with Gasteiger partial charge in [-0.05, 0) is 41.9 Å². The lowest BCUT2D eigenvalue weighted by molar-refractivity contribution is 0.217. The van der Waals surface area contributed by atoms with Crippen molar-refractivity contribution in [2.45, 2.75) is 20.0 Å². The Labute approximate surface area is 130 Å². The Hall–Kier alpha value is -1.11. The normalized spacial score (nSPS) is 12.3. The Balaban J connectivity index is 2.52. The molecule has 1 aromatic carbocycles. The Kier molecular flexibility index (Phi) is 4.67. The lowest BCUT2D eigenvalue weighted by Gasteiger charge is -2.17. The van der Waals surface area contributed by atoms with Crippen LogP contribution in [0.4, 0.5) is 0 Å². The van der Waals surface area contributed by atoms with Crippen molar-refractivity contribution in [2.24, 2.45) is 0 Å². The number of nitrogens with zero attached hydrogens (tertiary/aromatic N) is 1. The van der Waals surface area contributed by atoms with Gasteiger partial charge in [0.2, 0.25) is 0 Å². The van der Waals surface area contributed by atoms with Gasteiger partial charge in [-0.2, -0.15) is 0 Å².